The topological polar surface area (TPSA) is 35.0 Å². The summed E-state index contributed by atoms with van der Waals surface area (Å²) in [7, 11) is -1.33. The van der Waals surface area contributed by atoms with Crippen LogP contribution in [0.25, 0.3) is 22.5 Å². The van der Waals surface area contributed by atoms with Gasteiger partial charge in [-0.15, -0.1) is 0 Å². The molecule has 1 fully saturated rings. The zero-order chi connectivity index (χ0) is 36.8. The van der Waals surface area contributed by atoms with E-state index in [1.807, 2.05) is 0 Å². The number of alkyl halides is 2. The van der Waals surface area contributed by atoms with Crippen LogP contribution in [0.4, 0.5) is 13.2 Å². The van der Waals surface area contributed by atoms with Crippen LogP contribution in [-0.4, -0.2) is 25.2 Å². The number of ether oxygens (including phenoxy) is 1. The second-order valence-corrected chi connectivity index (χ2v) is 19.0. The van der Waals surface area contributed by atoms with E-state index in [0.29, 0.717) is 0 Å². The van der Waals surface area contributed by atoms with Crippen LogP contribution >= 0.6 is 0 Å². The van der Waals surface area contributed by atoms with Crippen molar-refractivity contribution in [1.82, 2.24) is 9.97 Å². The summed E-state index contributed by atoms with van der Waals surface area (Å²) in [5.41, 5.74) is 1.43. The fraction of sp³-hybridized carbons (Fsp3) is 0.644. The molecule has 5 rings (SSSR count). The highest BCUT2D eigenvalue weighted by Crippen LogP contribution is 2.49. The van der Waals surface area contributed by atoms with Crippen molar-refractivity contribution < 1.29 is 17.9 Å². The number of halogens is 3. The summed E-state index contributed by atoms with van der Waals surface area (Å²) in [6.07, 6.45) is 30.2. The first-order chi connectivity index (χ1) is 25.3. The summed E-state index contributed by atoms with van der Waals surface area (Å²) < 4.78 is 53.1. The first-order valence-corrected chi connectivity index (χ1v) is 22.7. The Morgan fingerprint density at radius 3 is 2.04 bits per heavy atom. The van der Waals surface area contributed by atoms with Crippen molar-refractivity contribution in [2.45, 2.75) is 173 Å². The Hall–Kier alpha value is -2.67. The molecular weight excluding hydrogens is 670 g/mol. The van der Waals surface area contributed by atoms with E-state index in [-0.39, 0.29) is 22.7 Å². The number of nitrogens with zero attached hydrogens (tertiary/aromatic N) is 2. The van der Waals surface area contributed by atoms with Gasteiger partial charge in [0.15, 0.2) is 5.82 Å². The van der Waals surface area contributed by atoms with Crippen LogP contribution in [-0.2, 0) is 12.3 Å². The van der Waals surface area contributed by atoms with E-state index in [1.165, 1.54) is 127 Å². The zero-order valence-corrected chi connectivity index (χ0v) is 33.8. The van der Waals surface area contributed by atoms with E-state index in [4.69, 9.17) is 4.74 Å². The highest BCUT2D eigenvalue weighted by Gasteiger charge is 2.53. The molecule has 3 unspecified atom stereocenters. The molecule has 0 amide bonds. The Balaban J connectivity index is 1.05. The van der Waals surface area contributed by atoms with Gasteiger partial charge in [0.25, 0.3) is 0 Å². The third kappa shape index (κ3) is 12.2. The Morgan fingerprint density at radius 1 is 0.750 bits per heavy atom. The highest BCUT2D eigenvalue weighted by atomic mass is 28.2. The summed E-state index contributed by atoms with van der Waals surface area (Å²) in [6, 6.07) is 11.4. The van der Waals surface area contributed by atoms with Gasteiger partial charge < -0.3 is 4.74 Å². The quantitative estimate of drug-likeness (QED) is 0.0642. The van der Waals surface area contributed by atoms with Gasteiger partial charge in [-0.3, -0.25) is 0 Å². The van der Waals surface area contributed by atoms with Crippen LogP contribution in [0.2, 0.25) is 5.54 Å². The van der Waals surface area contributed by atoms with Crippen LogP contribution in [0.1, 0.15) is 160 Å². The predicted molar refractivity (Wildman–Crippen MR) is 214 cm³/mol. The molecular formula is C45H65F3N2OSi. The molecule has 2 aliphatic rings. The monoisotopic (exact) mass is 734 g/mol. The summed E-state index contributed by atoms with van der Waals surface area (Å²) in [4.78, 5) is 8.82. The Morgan fingerprint density at radius 2 is 1.37 bits per heavy atom. The van der Waals surface area contributed by atoms with Crippen molar-refractivity contribution in [2.24, 2.45) is 11.8 Å². The lowest BCUT2D eigenvalue weighted by Gasteiger charge is -2.21. The van der Waals surface area contributed by atoms with Crippen LogP contribution in [0.3, 0.4) is 0 Å². The average Bonchev–Trinajstić information content (AvgIpc) is 3.93. The number of aromatic nitrogens is 2. The lowest BCUT2D eigenvalue weighted by Crippen LogP contribution is -2.37. The Bertz CT molecular complexity index is 1480. The first kappa shape index (κ1) is 40.5. The number of rotatable bonds is 25. The van der Waals surface area contributed by atoms with Gasteiger partial charge in [0.2, 0.25) is 0 Å². The van der Waals surface area contributed by atoms with Crippen LogP contribution in [0.5, 0.6) is 5.75 Å². The molecule has 1 saturated carbocycles. The summed E-state index contributed by atoms with van der Waals surface area (Å²) in [5.74, 6) is -2.42. The minimum atomic E-state index is -3.36. The van der Waals surface area contributed by atoms with E-state index >= 15 is 13.2 Å². The molecule has 2 aromatic carbocycles. The van der Waals surface area contributed by atoms with E-state index in [2.05, 4.69) is 55.0 Å². The maximum atomic E-state index is 15.8. The van der Waals surface area contributed by atoms with Crippen molar-refractivity contribution in [2.75, 3.05) is 0 Å². The summed E-state index contributed by atoms with van der Waals surface area (Å²) in [6.45, 7) is 6.67. The number of hydrogen-bond donors (Lipinski definition) is 0. The molecule has 1 aliphatic heterocycles. The highest BCUT2D eigenvalue weighted by molar-refractivity contribution is 6.39. The molecule has 1 aliphatic carbocycles. The second-order valence-electron chi connectivity index (χ2n) is 16.4. The Labute approximate surface area is 315 Å². The van der Waals surface area contributed by atoms with Crippen molar-refractivity contribution in [3.8, 4) is 28.3 Å². The second kappa shape index (κ2) is 20.7. The van der Waals surface area contributed by atoms with Gasteiger partial charge in [-0.1, -0.05) is 173 Å². The fourth-order valence-corrected chi connectivity index (χ4v) is 10.00. The summed E-state index contributed by atoms with van der Waals surface area (Å²) in [5, 5.41) is 0. The lowest BCUT2D eigenvalue weighted by molar-refractivity contribution is -0.0451. The molecule has 0 saturated heterocycles. The molecule has 7 heteroatoms. The van der Waals surface area contributed by atoms with Crippen LogP contribution < -0.4 is 4.74 Å². The number of unbranched alkanes of at least 4 members (excludes halogenated alkanes) is 11. The molecule has 0 bridgehead atoms. The molecule has 0 radical (unpaired) electrons. The smallest absolute Gasteiger partial charge is 0.311 e. The molecule has 3 aromatic rings. The molecule has 1 aromatic heterocycles. The fourth-order valence-electron chi connectivity index (χ4n) is 7.97. The van der Waals surface area contributed by atoms with Crippen molar-refractivity contribution in [3.63, 3.8) is 0 Å². The normalized spacial score (nSPS) is 17.8. The lowest BCUT2D eigenvalue weighted by atomic mass is 9.96. The number of fused-ring (bicyclic) bond motifs is 1. The van der Waals surface area contributed by atoms with Gasteiger partial charge in [0.05, 0.1) is 15.1 Å². The number of benzene rings is 2. The average molecular weight is 735 g/mol. The maximum Gasteiger partial charge on any atom is 0.311 e. The van der Waals surface area contributed by atoms with Gasteiger partial charge in [-0.25, -0.2) is 14.4 Å². The molecule has 286 valence electrons. The predicted octanol–water partition coefficient (Wildman–Crippen LogP) is 13.4. The van der Waals surface area contributed by atoms with E-state index < -0.39 is 32.6 Å². The zero-order valence-electron chi connectivity index (χ0n) is 32.4. The minimum Gasteiger partial charge on any atom is -0.488 e. The SMILES string of the molecule is CCCCCC(C)CCCCCCC(C)[SiH2]C1Oc2ccc(-c3ncc(-c4ccc(CCCCCCCCCC5CC5)cc4)cn3)c(F)c2C1(F)F. The van der Waals surface area contributed by atoms with Gasteiger partial charge in [0, 0.05) is 18.0 Å². The molecule has 3 nitrogen and oxygen atoms in total. The van der Waals surface area contributed by atoms with Crippen LogP contribution in [0.15, 0.2) is 48.8 Å². The largest absolute Gasteiger partial charge is 0.488 e. The molecule has 52 heavy (non-hydrogen) atoms. The Kier molecular flexibility index (Phi) is 16.1. The van der Waals surface area contributed by atoms with Gasteiger partial charge in [0.1, 0.15) is 22.9 Å². The maximum absolute atomic E-state index is 15.8. The van der Waals surface area contributed by atoms with Crippen molar-refractivity contribution in [3.05, 3.63) is 65.7 Å². The molecule has 2 heterocycles. The third-order valence-electron chi connectivity index (χ3n) is 11.6. The summed E-state index contributed by atoms with van der Waals surface area (Å²) >= 11 is 0. The first-order valence-electron chi connectivity index (χ1n) is 21.0. The van der Waals surface area contributed by atoms with E-state index in [1.54, 1.807) is 12.4 Å². The molecule has 0 N–H and O–H groups in total. The van der Waals surface area contributed by atoms with Crippen molar-refractivity contribution in [1.29, 1.82) is 0 Å². The van der Waals surface area contributed by atoms with Crippen molar-refractivity contribution >= 4 is 9.52 Å². The van der Waals surface area contributed by atoms with Crippen LogP contribution in [0, 0.1) is 17.7 Å². The van der Waals surface area contributed by atoms with Gasteiger partial charge in [-0.2, -0.15) is 8.78 Å². The van der Waals surface area contributed by atoms with Gasteiger partial charge in [-0.05, 0) is 47.9 Å². The number of hydrogen-bond acceptors (Lipinski definition) is 3. The van der Waals surface area contributed by atoms with Gasteiger partial charge >= 0.3 is 5.92 Å². The van der Waals surface area contributed by atoms with E-state index in [0.717, 1.165) is 48.6 Å². The molecule has 0 spiro atoms. The number of aryl methyl sites for hydroxylation is 1. The minimum absolute atomic E-state index is 0.0165. The standard InChI is InChI=1S/C45H65F3N2OSi/c1-4-5-13-18-33(2)19-14-11-12-15-20-34(3)52-44-45(47,48)41-40(51-44)30-29-39(42(41)46)43-49-31-38(32-50-43)37-27-25-36(26-28-37)22-17-10-8-6-7-9-16-21-35-23-24-35/h25-35,44H,4-24,52H2,1-3H3. The van der Waals surface area contributed by atoms with E-state index in [9.17, 15) is 0 Å². The molecule has 3 atom stereocenters. The third-order valence-corrected chi connectivity index (χ3v) is 13.9.